The van der Waals surface area contributed by atoms with Crippen molar-refractivity contribution in [2.75, 3.05) is 36.0 Å². The van der Waals surface area contributed by atoms with Crippen molar-refractivity contribution in [3.63, 3.8) is 0 Å². The van der Waals surface area contributed by atoms with Crippen LogP contribution in [0.1, 0.15) is 54.2 Å². The van der Waals surface area contributed by atoms with Gasteiger partial charge in [-0.15, -0.1) is 0 Å². The molecule has 0 spiro atoms. The summed E-state index contributed by atoms with van der Waals surface area (Å²) >= 11 is 5.88. The molecule has 198 valence electrons. The number of carbonyl (C=O) groups excluding carboxylic acids is 1. The summed E-state index contributed by atoms with van der Waals surface area (Å²) in [6, 6.07) is 9.94. The number of carboxylic acid groups (broad SMARTS) is 1. The summed E-state index contributed by atoms with van der Waals surface area (Å²) in [7, 11) is 0. The molecule has 0 radical (unpaired) electrons. The van der Waals surface area contributed by atoms with Crippen LogP contribution in [0, 0.1) is 5.82 Å². The van der Waals surface area contributed by atoms with Gasteiger partial charge in [-0.3, -0.25) is 9.78 Å². The maximum atomic E-state index is 14.2. The Morgan fingerprint density at radius 1 is 1.00 bits per heavy atom. The Balaban J connectivity index is 1.39. The van der Waals surface area contributed by atoms with E-state index in [1.165, 1.54) is 18.3 Å². The number of anilines is 3. The number of hydrogen-bond acceptors (Lipinski definition) is 6. The minimum atomic E-state index is -1.03. The molecule has 2 aliphatic rings. The molecule has 1 amide bonds. The minimum Gasteiger partial charge on any atom is -0.478 e. The van der Waals surface area contributed by atoms with E-state index >= 15 is 0 Å². The van der Waals surface area contributed by atoms with Gasteiger partial charge in [0.05, 0.1) is 39.4 Å². The highest BCUT2D eigenvalue weighted by Crippen LogP contribution is 2.44. The first-order chi connectivity index (χ1) is 17.9. The van der Waals surface area contributed by atoms with Gasteiger partial charge in [-0.1, -0.05) is 25.4 Å². The van der Waals surface area contributed by atoms with Crippen LogP contribution in [0.2, 0.25) is 5.02 Å². The minimum absolute atomic E-state index is 0.0695. The molecule has 4 heterocycles. The maximum absolute atomic E-state index is 14.2. The number of pyridine rings is 2. The van der Waals surface area contributed by atoms with E-state index < -0.39 is 17.3 Å². The molecule has 0 saturated carbocycles. The van der Waals surface area contributed by atoms with Crippen LogP contribution in [0.15, 0.2) is 48.8 Å². The summed E-state index contributed by atoms with van der Waals surface area (Å²) in [6.07, 6.45) is 2.96. The number of piperazine rings is 1. The predicted molar refractivity (Wildman–Crippen MR) is 144 cm³/mol. The summed E-state index contributed by atoms with van der Waals surface area (Å²) in [5.74, 6) is -1.68. The lowest BCUT2D eigenvalue weighted by Gasteiger charge is -2.47. The average molecular weight is 538 g/mol. The fraction of sp³-hybridized carbons (Fsp3) is 0.357. The van der Waals surface area contributed by atoms with Gasteiger partial charge in [0.2, 0.25) is 0 Å². The van der Waals surface area contributed by atoms with Crippen LogP contribution in [0.4, 0.5) is 21.5 Å². The molecule has 5 rings (SSSR count). The van der Waals surface area contributed by atoms with Crippen molar-refractivity contribution in [3.8, 4) is 0 Å². The van der Waals surface area contributed by atoms with E-state index in [1.54, 1.807) is 24.4 Å². The van der Waals surface area contributed by atoms with Crippen molar-refractivity contribution < 1.29 is 19.1 Å². The normalized spacial score (nSPS) is 17.9. The molecule has 10 heteroatoms. The first kappa shape index (κ1) is 25.9. The lowest BCUT2D eigenvalue weighted by Crippen LogP contribution is -2.61. The van der Waals surface area contributed by atoms with Gasteiger partial charge in [0.15, 0.2) is 0 Å². The van der Waals surface area contributed by atoms with E-state index in [1.807, 2.05) is 34.6 Å². The third-order valence-corrected chi connectivity index (χ3v) is 7.58. The number of carbonyl (C=O) groups is 2. The maximum Gasteiger partial charge on any atom is 0.337 e. The Morgan fingerprint density at radius 2 is 1.76 bits per heavy atom. The van der Waals surface area contributed by atoms with E-state index in [0.717, 1.165) is 11.4 Å². The lowest BCUT2D eigenvalue weighted by molar-refractivity contribution is 0.0508. The number of halogens is 2. The van der Waals surface area contributed by atoms with Crippen molar-refractivity contribution in [1.29, 1.82) is 0 Å². The summed E-state index contributed by atoms with van der Waals surface area (Å²) in [5.41, 5.74) is 2.58. The molecule has 2 aliphatic heterocycles. The first-order valence-corrected chi connectivity index (χ1v) is 12.7. The zero-order valence-electron chi connectivity index (χ0n) is 21.7. The van der Waals surface area contributed by atoms with Gasteiger partial charge in [-0.2, -0.15) is 0 Å². The summed E-state index contributed by atoms with van der Waals surface area (Å²) in [4.78, 5) is 39.9. The van der Waals surface area contributed by atoms with Gasteiger partial charge in [-0.25, -0.2) is 14.2 Å². The number of rotatable bonds is 4. The van der Waals surface area contributed by atoms with Crippen LogP contribution in [0.25, 0.3) is 0 Å². The number of amides is 1. The Kier molecular flexibility index (Phi) is 6.30. The molecule has 1 saturated heterocycles. The Hall–Kier alpha value is -3.72. The number of hydrogen-bond donors (Lipinski definition) is 1. The second-order valence-corrected chi connectivity index (χ2v) is 11.5. The highest BCUT2D eigenvalue weighted by molar-refractivity contribution is 6.30. The Morgan fingerprint density at radius 3 is 2.45 bits per heavy atom. The van der Waals surface area contributed by atoms with Crippen molar-refractivity contribution in [3.05, 3.63) is 76.6 Å². The molecular weight excluding hydrogens is 509 g/mol. The highest BCUT2D eigenvalue weighted by atomic mass is 35.5. The summed E-state index contributed by atoms with van der Waals surface area (Å²) < 4.78 is 14.2. The molecule has 3 aromatic rings. The van der Waals surface area contributed by atoms with Crippen molar-refractivity contribution in [1.82, 2.24) is 14.9 Å². The molecule has 1 N–H and O–H groups in total. The van der Waals surface area contributed by atoms with Crippen LogP contribution in [-0.4, -0.2) is 63.6 Å². The molecule has 0 atom stereocenters. The van der Waals surface area contributed by atoms with Crippen molar-refractivity contribution >= 4 is 40.5 Å². The van der Waals surface area contributed by atoms with Gasteiger partial charge in [0.1, 0.15) is 11.5 Å². The smallest absolute Gasteiger partial charge is 0.337 e. The van der Waals surface area contributed by atoms with Crippen LogP contribution in [0.5, 0.6) is 0 Å². The molecule has 0 aliphatic carbocycles. The van der Waals surface area contributed by atoms with E-state index in [9.17, 15) is 19.1 Å². The monoisotopic (exact) mass is 537 g/mol. The number of aromatic nitrogens is 2. The topological polar surface area (TPSA) is 89.9 Å². The van der Waals surface area contributed by atoms with Crippen molar-refractivity contribution in [2.45, 2.75) is 38.6 Å². The number of nitrogens with zero attached hydrogens (tertiary/aromatic N) is 5. The van der Waals surface area contributed by atoms with E-state index in [4.69, 9.17) is 16.6 Å². The van der Waals surface area contributed by atoms with Gasteiger partial charge in [0, 0.05) is 43.5 Å². The molecular formula is C28H29ClFN5O3. The van der Waals surface area contributed by atoms with Gasteiger partial charge in [-0.05, 0) is 50.2 Å². The summed E-state index contributed by atoms with van der Waals surface area (Å²) in [5, 5.41) is 9.39. The van der Waals surface area contributed by atoms with Gasteiger partial charge in [0.25, 0.3) is 5.91 Å². The van der Waals surface area contributed by atoms with Crippen LogP contribution in [0.3, 0.4) is 0 Å². The fourth-order valence-electron chi connectivity index (χ4n) is 5.33. The third kappa shape index (κ3) is 4.55. The van der Waals surface area contributed by atoms with Crippen LogP contribution in [-0.2, 0) is 5.41 Å². The predicted octanol–water partition coefficient (Wildman–Crippen LogP) is 5.14. The third-order valence-electron chi connectivity index (χ3n) is 7.28. The quantitative estimate of drug-likeness (QED) is 0.493. The van der Waals surface area contributed by atoms with Crippen LogP contribution < -0.4 is 9.80 Å². The molecule has 2 aromatic heterocycles. The van der Waals surface area contributed by atoms with E-state index in [2.05, 4.69) is 18.8 Å². The Bertz CT molecular complexity index is 1440. The van der Waals surface area contributed by atoms with Crippen molar-refractivity contribution in [2.24, 2.45) is 0 Å². The van der Waals surface area contributed by atoms with E-state index in [-0.39, 0.29) is 21.9 Å². The van der Waals surface area contributed by atoms with Crippen LogP contribution >= 0.6 is 11.6 Å². The highest BCUT2D eigenvalue weighted by Gasteiger charge is 2.41. The number of carboxylic acids is 1. The average Bonchev–Trinajstić information content (AvgIpc) is 3.15. The molecule has 38 heavy (non-hydrogen) atoms. The largest absolute Gasteiger partial charge is 0.478 e. The summed E-state index contributed by atoms with van der Waals surface area (Å²) in [6.45, 7) is 10.2. The number of fused-ring (bicyclic) bond motifs is 1. The molecule has 1 fully saturated rings. The Labute approximate surface area is 225 Å². The zero-order chi connectivity index (χ0) is 27.4. The number of aromatic carboxylic acids is 1. The molecule has 1 aromatic carbocycles. The van der Waals surface area contributed by atoms with Gasteiger partial charge >= 0.3 is 5.97 Å². The van der Waals surface area contributed by atoms with Gasteiger partial charge < -0.3 is 19.8 Å². The number of benzene rings is 1. The zero-order valence-corrected chi connectivity index (χ0v) is 22.5. The standard InChI is InChI=1S/C28H29ClFN5O3/c1-27(2)15-34(18-5-6-20(29)21(30)12-18)23-8-7-22(32-24(23)27)25(36)35-10-9-33(16-28(35,3)4)19-11-17(26(37)38)13-31-14-19/h5-8,11-14H,9-10,15-16H2,1-4H3,(H,37,38). The second kappa shape index (κ2) is 9.23. The molecule has 0 unspecified atom stereocenters. The molecule has 0 bridgehead atoms. The second-order valence-electron chi connectivity index (χ2n) is 11.1. The first-order valence-electron chi connectivity index (χ1n) is 12.4. The fourth-order valence-corrected chi connectivity index (χ4v) is 5.45. The lowest BCUT2D eigenvalue weighted by atomic mass is 9.91. The van der Waals surface area contributed by atoms with E-state index in [0.29, 0.717) is 43.2 Å². The molecule has 8 nitrogen and oxygen atoms in total. The SMILES string of the molecule is CC1(C)CN(c2ccc(Cl)c(F)c2)c2ccc(C(=O)N3CCN(c4cncc(C(=O)O)c4)CC3(C)C)nc21.